The predicted octanol–water partition coefficient (Wildman–Crippen LogP) is 1.59. The predicted molar refractivity (Wildman–Crippen MR) is 85.5 cm³/mol. The fourth-order valence-corrected chi connectivity index (χ4v) is 5.24. The van der Waals surface area contributed by atoms with E-state index in [9.17, 15) is 13.2 Å². The molecule has 1 amide bonds. The molecule has 0 aliphatic carbocycles. The summed E-state index contributed by atoms with van der Waals surface area (Å²) in [7, 11) is -3.31. The van der Waals surface area contributed by atoms with Crippen molar-refractivity contribution in [3.8, 4) is 0 Å². The fraction of sp³-hybridized carbons (Fsp3) is 0.417. The van der Waals surface area contributed by atoms with E-state index in [4.69, 9.17) is 5.73 Å². The van der Waals surface area contributed by atoms with Crippen LogP contribution in [-0.4, -0.2) is 48.9 Å². The number of nitrogens with zero attached hydrogens (tertiary/aromatic N) is 1. The summed E-state index contributed by atoms with van der Waals surface area (Å²) in [5.74, 6) is 0.806. The Morgan fingerprint density at radius 3 is 2.80 bits per heavy atom. The first-order valence-corrected chi connectivity index (χ1v) is 9.83. The van der Waals surface area contributed by atoms with Crippen molar-refractivity contribution in [2.75, 3.05) is 30.0 Å². The number of carbonyl (C=O) groups is 1. The second kappa shape index (κ2) is 5.95. The standard InChI is InChI=1S/C12H15BrN2O3S2/c1-20(17,18)11-7-19-5-4-15(11)12(16)9-3-2-8(13)6-10(9)14/h2-3,6,11H,4-5,7,14H2,1H3. The van der Waals surface area contributed by atoms with Gasteiger partial charge in [-0.3, -0.25) is 4.79 Å². The molecule has 1 aromatic carbocycles. The average molecular weight is 379 g/mol. The number of benzene rings is 1. The Balaban J connectivity index is 2.35. The molecule has 1 aliphatic heterocycles. The van der Waals surface area contributed by atoms with Crippen molar-refractivity contribution in [3.63, 3.8) is 0 Å². The third-order valence-corrected chi connectivity index (χ3v) is 6.22. The van der Waals surface area contributed by atoms with Crippen molar-refractivity contribution in [3.05, 3.63) is 28.2 Å². The SMILES string of the molecule is CS(=O)(=O)C1CSCCN1C(=O)c1ccc(Br)cc1N. The number of nitrogens with two attached hydrogens (primary N) is 1. The van der Waals surface area contributed by atoms with Gasteiger partial charge in [0.05, 0.1) is 5.56 Å². The largest absolute Gasteiger partial charge is 0.398 e. The maximum atomic E-state index is 12.5. The topological polar surface area (TPSA) is 80.5 Å². The summed E-state index contributed by atoms with van der Waals surface area (Å²) in [4.78, 5) is 14.0. The van der Waals surface area contributed by atoms with Gasteiger partial charge in [0.2, 0.25) is 0 Å². The molecule has 0 bridgehead atoms. The van der Waals surface area contributed by atoms with E-state index in [-0.39, 0.29) is 5.91 Å². The molecule has 1 aliphatic rings. The zero-order chi connectivity index (χ0) is 14.9. The number of sulfone groups is 1. The molecule has 20 heavy (non-hydrogen) atoms. The van der Waals surface area contributed by atoms with Crippen LogP contribution in [0, 0.1) is 0 Å². The highest BCUT2D eigenvalue weighted by atomic mass is 79.9. The second-order valence-corrected chi connectivity index (χ2v) is 8.86. The lowest BCUT2D eigenvalue weighted by Crippen LogP contribution is -2.50. The lowest BCUT2D eigenvalue weighted by Gasteiger charge is -2.34. The summed E-state index contributed by atoms with van der Waals surface area (Å²) < 4.78 is 24.4. The molecule has 1 fully saturated rings. The van der Waals surface area contributed by atoms with E-state index in [1.165, 1.54) is 4.90 Å². The van der Waals surface area contributed by atoms with Crippen molar-refractivity contribution in [1.82, 2.24) is 4.90 Å². The number of amides is 1. The number of hydrogen-bond donors (Lipinski definition) is 1. The molecule has 1 saturated heterocycles. The van der Waals surface area contributed by atoms with Crippen LogP contribution in [0.4, 0.5) is 5.69 Å². The Morgan fingerprint density at radius 2 is 2.20 bits per heavy atom. The summed E-state index contributed by atoms with van der Waals surface area (Å²) >= 11 is 4.82. The van der Waals surface area contributed by atoms with Gasteiger partial charge in [0.15, 0.2) is 9.84 Å². The van der Waals surface area contributed by atoms with Crippen LogP contribution in [0.2, 0.25) is 0 Å². The molecule has 8 heteroatoms. The molecule has 0 saturated carbocycles. The molecule has 110 valence electrons. The van der Waals surface area contributed by atoms with Crippen molar-refractivity contribution >= 4 is 49.1 Å². The lowest BCUT2D eigenvalue weighted by atomic mass is 10.1. The van der Waals surface area contributed by atoms with Crippen LogP contribution < -0.4 is 5.73 Å². The highest BCUT2D eigenvalue weighted by Gasteiger charge is 2.35. The van der Waals surface area contributed by atoms with Gasteiger partial charge < -0.3 is 10.6 Å². The first-order valence-electron chi connectivity index (χ1n) is 5.93. The van der Waals surface area contributed by atoms with Gasteiger partial charge in [0, 0.05) is 34.5 Å². The number of halogens is 1. The van der Waals surface area contributed by atoms with Gasteiger partial charge in [-0.1, -0.05) is 15.9 Å². The molecule has 0 aromatic heterocycles. The number of carbonyl (C=O) groups excluding carboxylic acids is 1. The van der Waals surface area contributed by atoms with Gasteiger partial charge in [-0.25, -0.2) is 8.42 Å². The first-order chi connectivity index (χ1) is 9.30. The van der Waals surface area contributed by atoms with Crippen LogP contribution in [0.1, 0.15) is 10.4 Å². The summed E-state index contributed by atoms with van der Waals surface area (Å²) in [6, 6.07) is 4.97. The van der Waals surface area contributed by atoms with Crippen LogP contribution in [0.3, 0.4) is 0 Å². The summed E-state index contributed by atoms with van der Waals surface area (Å²) in [5.41, 5.74) is 6.54. The Hall–Kier alpha value is -0.730. The van der Waals surface area contributed by atoms with E-state index in [1.807, 2.05) is 0 Å². The Kier molecular flexibility index (Phi) is 4.66. The maximum absolute atomic E-state index is 12.5. The Labute approximate surface area is 130 Å². The van der Waals surface area contributed by atoms with E-state index >= 15 is 0 Å². The number of nitrogen functional groups attached to an aromatic ring is 1. The van der Waals surface area contributed by atoms with Crippen LogP contribution in [0.25, 0.3) is 0 Å². The first kappa shape index (κ1) is 15.7. The normalized spacial score (nSPS) is 19.9. The minimum Gasteiger partial charge on any atom is -0.398 e. The molecular weight excluding hydrogens is 364 g/mol. The Morgan fingerprint density at radius 1 is 1.50 bits per heavy atom. The van der Waals surface area contributed by atoms with Gasteiger partial charge in [-0.2, -0.15) is 11.8 Å². The van der Waals surface area contributed by atoms with Crippen LogP contribution in [0.5, 0.6) is 0 Å². The fourth-order valence-electron chi connectivity index (χ4n) is 2.05. The van der Waals surface area contributed by atoms with E-state index in [2.05, 4.69) is 15.9 Å². The van der Waals surface area contributed by atoms with E-state index in [0.717, 1.165) is 16.5 Å². The van der Waals surface area contributed by atoms with Crippen molar-refractivity contribution < 1.29 is 13.2 Å². The van der Waals surface area contributed by atoms with Crippen LogP contribution in [0.15, 0.2) is 22.7 Å². The van der Waals surface area contributed by atoms with Crippen LogP contribution >= 0.6 is 27.7 Å². The summed E-state index contributed by atoms with van der Waals surface area (Å²) in [5, 5.41) is -0.781. The van der Waals surface area contributed by atoms with E-state index < -0.39 is 15.2 Å². The zero-order valence-corrected chi connectivity index (χ0v) is 14.1. The molecule has 1 atom stereocenters. The quantitative estimate of drug-likeness (QED) is 0.790. The molecule has 1 heterocycles. The van der Waals surface area contributed by atoms with Gasteiger partial charge in [-0.05, 0) is 18.2 Å². The molecule has 0 radical (unpaired) electrons. The summed E-state index contributed by atoms with van der Waals surface area (Å²) in [6.07, 6.45) is 1.16. The van der Waals surface area contributed by atoms with E-state index in [1.54, 1.807) is 30.0 Å². The minimum atomic E-state index is -3.31. The van der Waals surface area contributed by atoms with Gasteiger partial charge in [0.1, 0.15) is 5.37 Å². The molecule has 2 N–H and O–H groups in total. The molecular formula is C12H15BrN2O3S2. The minimum absolute atomic E-state index is 0.328. The number of thioether (sulfide) groups is 1. The smallest absolute Gasteiger partial charge is 0.257 e. The lowest BCUT2D eigenvalue weighted by molar-refractivity contribution is 0.0750. The maximum Gasteiger partial charge on any atom is 0.257 e. The van der Waals surface area contributed by atoms with Crippen molar-refractivity contribution in [2.24, 2.45) is 0 Å². The second-order valence-electron chi connectivity index (χ2n) is 4.59. The third kappa shape index (κ3) is 3.29. The highest BCUT2D eigenvalue weighted by molar-refractivity contribution is 9.10. The molecule has 2 rings (SSSR count). The number of rotatable bonds is 2. The van der Waals surface area contributed by atoms with Gasteiger partial charge >= 0.3 is 0 Å². The highest BCUT2D eigenvalue weighted by Crippen LogP contribution is 2.25. The number of hydrogen-bond acceptors (Lipinski definition) is 5. The molecule has 5 nitrogen and oxygen atoms in total. The number of anilines is 1. The van der Waals surface area contributed by atoms with E-state index in [0.29, 0.717) is 23.5 Å². The third-order valence-electron chi connectivity index (χ3n) is 3.08. The monoisotopic (exact) mass is 378 g/mol. The molecule has 1 aromatic rings. The van der Waals surface area contributed by atoms with Gasteiger partial charge in [-0.15, -0.1) is 0 Å². The average Bonchev–Trinajstić information content (AvgIpc) is 2.37. The zero-order valence-electron chi connectivity index (χ0n) is 10.9. The van der Waals surface area contributed by atoms with Crippen molar-refractivity contribution in [1.29, 1.82) is 0 Å². The van der Waals surface area contributed by atoms with Crippen molar-refractivity contribution in [2.45, 2.75) is 5.37 Å². The van der Waals surface area contributed by atoms with Crippen LogP contribution in [-0.2, 0) is 9.84 Å². The summed E-state index contributed by atoms with van der Waals surface area (Å²) in [6.45, 7) is 0.413. The van der Waals surface area contributed by atoms with Gasteiger partial charge in [0.25, 0.3) is 5.91 Å². The molecule has 1 unspecified atom stereocenters. The Bertz CT molecular complexity index is 634. The molecule has 0 spiro atoms.